The number of nitrogens with two attached hydrogens (primary N) is 1. The van der Waals surface area contributed by atoms with Gasteiger partial charge in [-0.05, 0) is 103 Å². The van der Waals surface area contributed by atoms with E-state index in [4.69, 9.17) is 34.4 Å². The molecule has 2 N–H and O–H groups in total. The molecule has 0 saturated carbocycles. The zero-order valence-corrected chi connectivity index (χ0v) is 26.8. The van der Waals surface area contributed by atoms with E-state index < -0.39 is 5.41 Å². The number of nitrogens with zero attached hydrogens (tertiary/aromatic N) is 6. The molecule has 0 unspecified atom stereocenters. The second kappa shape index (κ2) is 11.6. The highest BCUT2D eigenvalue weighted by atomic mass is 16.5. The molecule has 1 spiro atoms. The normalized spacial score (nSPS) is 24.5. The Morgan fingerprint density at radius 2 is 1.93 bits per heavy atom. The predicted molar refractivity (Wildman–Crippen MR) is 168 cm³/mol. The number of hydrogen-bond donors (Lipinski definition) is 1. The Morgan fingerprint density at radius 1 is 1.16 bits per heavy atom. The van der Waals surface area contributed by atoms with Crippen molar-refractivity contribution < 1.29 is 18.7 Å². The molecule has 2 fully saturated rings. The summed E-state index contributed by atoms with van der Waals surface area (Å²) < 4.78 is 24.7. The second-order valence-electron chi connectivity index (χ2n) is 13.6. The van der Waals surface area contributed by atoms with E-state index in [1.807, 2.05) is 20.2 Å². The van der Waals surface area contributed by atoms with Crippen LogP contribution in [0.1, 0.15) is 73.5 Å². The lowest BCUT2D eigenvalue weighted by Crippen LogP contribution is -2.63. The van der Waals surface area contributed by atoms with E-state index in [1.54, 1.807) is 6.07 Å². The highest BCUT2D eigenvalue weighted by Gasteiger charge is 2.48. The fraction of sp³-hybridized carbons (Fsp3) is 0.588. The number of hydrogen-bond acceptors (Lipinski definition) is 11. The summed E-state index contributed by atoms with van der Waals surface area (Å²) in [4.78, 5) is 14.3. The lowest BCUT2D eigenvalue weighted by atomic mass is 9.61. The van der Waals surface area contributed by atoms with Gasteiger partial charge in [0.15, 0.2) is 17.3 Å². The molecule has 2 aliphatic carbocycles. The molecule has 0 bridgehead atoms. The summed E-state index contributed by atoms with van der Waals surface area (Å²) in [5.74, 6) is 2.11. The van der Waals surface area contributed by atoms with E-state index >= 15 is 0 Å². The van der Waals surface area contributed by atoms with Crippen molar-refractivity contribution in [1.29, 1.82) is 5.26 Å². The van der Waals surface area contributed by atoms with Gasteiger partial charge in [0.05, 0.1) is 30.3 Å². The molecular weight excluding hydrogens is 570 g/mol. The summed E-state index contributed by atoms with van der Waals surface area (Å²) in [5.41, 5.74) is 10.5. The van der Waals surface area contributed by atoms with Crippen LogP contribution >= 0.6 is 0 Å². The average Bonchev–Trinajstić information content (AvgIpc) is 3.64. The summed E-state index contributed by atoms with van der Waals surface area (Å²) in [6.07, 6.45) is 7.55. The van der Waals surface area contributed by atoms with Gasteiger partial charge >= 0.3 is 0 Å². The van der Waals surface area contributed by atoms with Gasteiger partial charge in [0.2, 0.25) is 11.8 Å². The van der Waals surface area contributed by atoms with Crippen molar-refractivity contribution in [3.05, 3.63) is 46.2 Å². The standard InChI is InChI=1S/C34H43N7O4/c1-21(26-10-7-15-41(26)4)44-28-16-27(43-20-33(40(2)3)18-42-19-33)37-32(38-28)30-23-9-6-14-34(31(23)45-39-30)13-5-8-22-11-12-25(36)24(17-35)29(22)34/h11-12,16,21,26H,5-10,13-15,18-20,36H2,1-4H3/t21-,26-,34+/m0/s1. The minimum absolute atomic E-state index is 0.0654. The van der Waals surface area contributed by atoms with Crippen molar-refractivity contribution in [3.8, 4) is 29.3 Å². The maximum absolute atomic E-state index is 10.2. The molecule has 1 aromatic carbocycles. The molecule has 238 valence electrons. The molecule has 11 nitrogen and oxygen atoms in total. The van der Waals surface area contributed by atoms with Crippen LogP contribution in [0, 0.1) is 11.3 Å². The Kier molecular flexibility index (Phi) is 7.71. The third-order valence-electron chi connectivity index (χ3n) is 10.7. The molecule has 4 aliphatic rings. The number of rotatable bonds is 8. The van der Waals surface area contributed by atoms with Crippen molar-refractivity contribution >= 4 is 5.69 Å². The molecule has 11 heteroatoms. The number of nitriles is 1. The van der Waals surface area contributed by atoms with Crippen LogP contribution in [0.2, 0.25) is 0 Å². The van der Waals surface area contributed by atoms with Crippen LogP contribution in [0.15, 0.2) is 22.7 Å². The van der Waals surface area contributed by atoms with E-state index in [0.29, 0.717) is 60.4 Å². The number of aromatic nitrogens is 3. The van der Waals surface area contributed by atoms with Crippen molar-refractivity contribution in [1.82, 2.24) is 24.9 Å². The molecule has 2 saturated heterocycles. The first-order valence-electron chi connectivity index (χ1n) is 16.2. The van der Waals surface area contributed by atoms with E-state index in [1.165, 1.54) is 5.56 Å². The fourth-order valence-corrected chi connectivity index (χ4v) is 7.95. The zero-order valence-electron chi connectivity index (χ0n) is 26.8. The summed E-state index contributed by atoms with van der Waals surface area (Å²) >= 11 is 0. The van der Waals surface area contributed by atoms with Gasteiger partial charge in [-0.2, -0.15) is 15.2 Å². The number of aryl methyl sites for hydroxylation is 1. The molecule has 4 heterocycles. The molecular formula is C34H43N7O4. The number of likely N-dealkylation sites (tertiary alicyclic amines) is 1. The van der Waals surface area contributed by atoms with Crippen LogP contribution in [0.5, 0.6) is 11.8 Å². The van der Waals surface area contributed by atoms with Gasteiger partial charge in [0.1, 0.15) is 24.3 Å². The summed E-state index contributed by atoms with van der Waals surface area (Å²) in [5, 5.41) is 14.8. The fourth-order valence-electron chi connectivity index (χ4n) is 7.95. The van der Waals surface area contributed by atoms with E-state index in [2.05, 4.69) is 41.1 Å². The first kappa shape index (κ1) is 30.0. The number of ether oxygens (including phenoxy) is 3. The molecule has 0 radical (unpaired) electrons. The monoisotopic (exact) mass is 613 g/mol. The van der Waals surface area contributed by atoms with Gasteiger partial charge in [-0.3, -0.25) is 9.80 Å². The van der Waals surface area contributed by atoms with Crippen molar-refractivity contribution in [3.63, 3.8) is 0 Å². The largest absolute Gasteiger partial charge is 0.475 e. The zero-order chi connectivity index (χ0) is 31.3. The molecule has 2 aliphatic heterocycles. The van der Waals surface area contributed by atoms with E-state index in [-0.39, 0.29) is 11.6 Å². The Bertz CT molecular complexity index is 1620. The first-order chi connectivity index (χ1) is 21.7. The topological polar surface area (TPSA) is 136 Å². The van der Waals surface area contributed by atoms with Crippen molar-refractivity contribution in [2.24, 2.45) is 0 Å². The predicted octanol–water partition coefficient (Wildman–Crippen LogP) is 4.12. The minimum Gasteiger partial charge on any atom is -0.475 e. The van der Waals surface area contributed by atoms with Crippen LogP contribution < -0.4 is 15.2 Å². The average molecular weight is 614 g/mol. The van der Waals surface area contributed by atoms with Gasteiger partial charge in [-0.1, -0.05) is 11.2 Å². The highest BCUT2D eigenvalue weighted by Crippen LogP contribution is 2.53. The Labute approximate surface area is 264 Å². The van der Waals surface area contributed by atoms with Gasteiger partial charge < -0.3 is 24.5 Å². The van der Waals surface area contributed by atoms with Gasteiger partial charge in [-0.15, -0.1) is 0 Å². The number of likely N-dealkylation sites (N-methyl/N-ethyl adjacent to an activating group) is 2. The smallest absolute Gasteiger partial charge is 0.221 e. The SMILES string of the molecule is C[C@H](Oc1cc(OCC2(N(C)C)COC2)nc(-c2noc3c2CCC[C@@]32CCCc3ccc(N)c(C#N)c32)n1)[C@@H]1CCCN1C. The van der Waals surface area contributed by atoms with E-state index in [9.17, 15) is 5.26 Å². The first-order valence-corrected chi connectivity index (χ1v) is 16.2. The van der Waals surface area contributed by atoms with Crippen molar-refractivity contribution in [2.45, 2.75) is 81.4 Å². The van der Waals surface area contributed by atoms with Crippen molar-refractivity contribution in [2.75, 3.05) is 53.2 Å². The molecule has 7 rings (SSSR count). The molecule has 2 aromatic heterocycles. The lowest BCUT2D eigenvalue weighted by Gasteiger charge is -2.45. The Morgan fingerprint density at radius 3 is 2.62 bits per heavy atom. The van der Waals surface area contributed by atoms with Crippen LogP contribution in [0.25, 0.3) is 11.5 Å². The Balaban J connectivity index is 1.28. The molecule has 3 atom stereocenters. The molecule has 45 heavy (non-hydrogen) atoms. The summed E-state index contributed by atoms with van der Waals surface area (Å²) in [6, 6.07) is 8.43. The molecule has 3 aromatic rings. The van der Waals surface area contributed by atoms with Crippen LogP contribution in [0.3, 0.4) is 0 Å². The maximum atomic E-state index is 10.2. The van der Waals surface area contributed by atoms with Gasteiger partial charge in [0.25, 0.3) is 0 Å². The Hall–Kier alpha value is -3.72. The van der Waals surface area contributed by atoms with Gasteiger partial charge in [-0.25, -0.2) is 0 Å². The highest BCUT2D eigenvalue weighted by molar-refractivity contribution is 5.67. The number of fused-ring (bicyclic) bond motifs is 4. The second-order valence-corrected chi connectivity index (χ2v) is 13.6. The third-order valence-corrected chi connectivity index (χ3v) is 10.7. The number of anilines is 1. The summed E-state index contributed by atoms with van der Waals surface area (Å²) in [7, 11) is 6.22. The minimum atomic E-state index is -0.454. The van der Waals surface area contributed by atoms with E-state index in [0.717, 1.165) is 74.8 Å². The van der Waals surface area contributed by atoms with Gasteiger partial charge in [0, 0.05) is 17.3 Å². The quantitative estimate of drug-likeness (QED) is 0.368. The number of benzene rings is 1. The lowest BCUT2D eigenvalue weighted by molar-refractivity contribution is -0.141. The molecule has 0 amide bonds. The van der Waals surface area contributed by atoms with Crippen LogP contribution in [-0.4, -0.2) is 90.1 Å². The maximum Gasteiger partial charge on any atom is 0.221 e. The van der Waals surface area contributed by atoms with Crippen LogP contribution in [-0.2, 0) is 23.0 Å². The summed E-state index contributed by atoms with van der Waals surface area (Å²) in [6.45, 7) is 4.78. The third kappa shape index (κ3) is 5.03. The van der Waals surface area contributed by atoms with Crippen LogP contribution in [0.4, 0.5) is 5.69 Å². The number of nitrogen functional groups attached to an aromatic ring is 1.